The zero-order valence-electron chi connectivity index (χ0n) is 15.0. The van der Waals surface area contributed by atoms with Gasteiger partial charge in [-0.25, -0.2) is 17.9 Å². The number of hydrogen-bond donors (Lipinski definition) is 2. The molecule has 0 atom stereocenters. The summed E-state index contributed by atoms with van der Waals surface area (Å²) in [5, 5.41) is 3.60. The van der Waals surface area contributed by atoms with Gasteiger partial charge in [-0.05, 0) is 55.8 Å². The van der Waals surface area contributed by atoms with E-state index in [9.17, 15) is 13.2 Å². The molecular formula is C18H21Cl2N3O3S. The van der Waals surface area contributed by atoms with Crippen molar-refractivity contribution in [3.63, 3.8) is 0 Å². The Morgan fingerprint density at radius 3 is 2.22 bits per heavy atom. The molecule has 6 nitrogen and oxygen atoms in total. The van der Waals surface area contributed by atoms with Gasteiger partial charge in [0.15, 0.2) is 0 Å². The second-order valence-electron chi connectivity index (χ2n) is 5.69. The third kappa shape index (κ3) is 5.84. The minimum atomic E-state index is -3.72. The highest BCUT2D eigenvalue weighted by Gasteiger charge is 2.15. The highest BCUT2D eigenvalue weighted by molar-refractivity contribution is 7.89. The van der Waals surface area contributed by atoms with E-state index in [-0.39, 0.29) is 17.5 Å². The van der Waals surface area contributed by atoms with E-state index in [1.165, 1.54) is 12.1 Å². The predicted molar refractivity (Wildman–Crippen MR) is 109 cm³/mol. The highest BCUT2D eigenvalue weighted by atomic mass is 35.5. The minimum absolute atomic E-state index is 0.0405. The molecule has 2 N–H and O–H groups in total. The van der Waals surface area contributed by atoms with E-state index < -0.39 is 10.0 Å². The van der Waals surface area contributed by atoms with Gasteiger partial charge < -0.3 is 10.2 Å². The van der Waals surface area contributed by atoms with Gasteiger partial charge in [-0.1, -0.05) is 29.3 Å². The Balaban J connectivity index is 2.05. The zero-order valence-corrected chi connectivity index (χ0v) is 17.3. The number of benzene rings is 2. The molecule has 2 aromatic rings. The predicted octanol–water partition coefficient (Wildman–Crippen LogP) is 4.35. The molecule has 0 aliphatic heterocycles. The molecule has 0 aliphatic carbocycles. The first-order chi connectivity index (χ1) is 12.8. The summed E-state index contributed by atoms with van der Waals surface area (Å²) in [7, 11) is -3.72. The Hall–Kier alpha value is -1.80. The van der Waals surface area contributed by atoms with Crippen LogP contribution in [0, 0.1) is 0 Å². The summed E-state index contributed by atoms with van der Waals surface area (Å²) >= 11 is 11.9. The standard InChI is InChI=1S/C18H21Cl2N3O3S/c1-3-23(4-2)18(24)22-15-7-9-16(10-8-15)27(25,26)21-12-13-5-6-14(19)11-17(13)20/h5-11,21H,3-4,12H2,1-2H3,(H,22,24). The maximum Gasteiger partial charge on any atom is 0.321 e. The first-order valence-electron chi connectivity index (χ1n) is 8.36. The lowest BCUT2D eigenvalue weighted by atomic mass is 10.2. The van der Waals surface area contributed by atoms with Crippen LogP contribution in [0.3, 0.4) is 0 Å². The number of rotatable bonds is 7. The first kappa shape index (κ1) is 21.5. The number of carbonyl (C=O) groups is 1. The molecule has 2 aromatic carbocycles. The summed E-state index contributed by atoms with van der Waals surface area (Å²) in [5.41, 5.74) is 1.14. The van der Waals surface area contributed by atoms with Crippen molar-refractivity contribution in [2.45, 2.75) is 25.3 Å². The summed E-state index contributed by atoms with van der Waals surface area (Å²) in [6.07, 6.45) is 0. The monoisotopic (exact) mass is 429 g/mol. The van der Waals surface area contributed by atoms with Crippen LogP contribution >= 0.6 is 23.2 Å². The summed E-state index contributed by atoms with van der Waals surface area (Å²) < 4.78 is 27.4. The fourth-order valence-electron chi connectivity index (χ4n) is 2.35. The summed E-state index contributed by atoms with van der Waals surface area (Å²) in [6.45, 7) is 4.99. The largest absolute Gasteiger partial charge is 0.325 e. The molecule has 0 saturated heterocycles. The molecule has 0 bridgehead atoms. The van der Waals surface area contributed by atoms with Gasteiger partial charge in [0.2, 0.25) is 10.0 Å². The lowest BCUT2D eigenvalue weighted by Gasteiger charge is -2.19. The zero-order chi connectivity index (χ0) is 20.0. The number of nitrogens with one attached hydrogen (secondary N) is 2. The van der Waals surface area contributed by atoms with Gasteiger partial charge in [-0.3, -0.25) is 0 Å². The molecule has 0 spiro atoms. The SMILES string of the molecule is CCN(CC)C(=O)Nc1ccc(S(=O)(=O)NCc2ccc(Cl)cc2Cl)cc1. The van der Waals surface area contributed by atoms with Gasteiger partial charge in [-0.2, -0.15) is 0 Å². The van der Waals surface area contributed by atoms with Gasteiger partial charge >= 0.3 is 6.03 Å². The van der Waals surface area contributed by atoms with Crippen molar-refractivity contribution >= 4 is 44.9 Å². The fourth-order valence-corrected chi connectivity index (χ4v) is 3.83. The van der Waals surface area contributed by atoms with Gasteiger partial charge in [0, 0.05) is 35.4 Å². The topological polar surface area (TPSA) is 78.5 Å². The first-order valence-corrected chi connectivity index (χ1v) is 10.6. The van der Waals surface area contributed by atoms with E-state index in [1.54, 1.807) is 35.2 Å². The summed E-state index contributed by atoms with van der Waals surface area (Å²) in [5.74, 6) is 0. The molecule has 0 unspecified atom stereocenters. The maximum atomic E-state index is 12.4. The Kier molecular flexibility index (Phi) is 7.49. The van der Waals surface area contributed by atoms with E-state index in [1.807, 2.05) is 13.8 Å². The average molecular weight is 430 g/mol. The van der Waals surface area contributed by atoms with Crippen LogP contribution in [0.2, 0.25) is 10.0 Å². The van der Waals surface area contributed by atoms with Crippen molar-refractivity contribution < 1.29 is 13.2 Å². The number of hydrogen-bond acceptors (Lipinski definition) is 3. The second-order valence-corrected chi connectivity index (χ2v) is 8.30. The molecule has 0 fully saturated rings. The number of anilines is 1. The molecule has 0 aromatic heterocycles. The lowest BCUT2D eigenvalue weighted by Crippen LogP contribution is -2.34. The van der Waals surface area contributed by atoms with Crippen LogP contribution in [-0.4, -0.2) is 32.4 Å². The van der Waals surface area contributed by atoms with Gasteiger partial charge in [0.25, 0.3) is 0 Å². The molecule has 0 heterocycles. The average Bonchev–Trinajstić information content (AvgIpc) is 2.62. The van der Waals surface area contributed by atoms with Crippen molar-refractivity contribution in [1.82, 2.24) is 9.62 Å². The molecular weight excluding hydrogens is 409 g/mol. The van der Waals surface area contributed by atoms with Crippen LogP contribution in [0.15, 0.2) is 47.4 Å². The smallest absolute Gasteiger partial charge is 0.321 e. The van der Waals surface area contributed by atoms with E-state index in [0.29, 0.717) is 34.4 Å². The van der Waals surface area contributed by atoms with E-state index in [0.717, 1.165) is 0 Å². The van der Waals surface area contributed by atoms with E-state index in [4.69, 9.17) is 23.2 Å². The van der Waals surface area contributed by atoms with Crippen LogP contribution in [0.1, 0.15) is 19.4 Å². The van der Waals surface area contributed by atoms with Gasteiger partial charge in [-0.15, -0.1) is 0 Å². The van der Waals surface area contributed by atoms with Crippen LogP contribution in [0.25, 0.3) is 0 Å². The fraction of sp³-hybridized carbons (Fsp3) is 0.278. The molecule has 27 heavy (non-hydrogen) atoms. The van der Waals surface area contributed by atoms with Gasteiger partial charge in [0.1, 0.15) is 0 Å². The van der Waals surface area contributed by atoms with Gasteiger partial charge in [0.05, 0.1) is 4.90 Å². The molecule has 2 amide bonds. The molecule has 2 rings (SSSR count). The minimum Gasteiger partial charge on any atom is -0.325 e. The molecule has 0 aliphatic rings. The maximum absolute atomic E-state index is 12.4. The van der Waals surface area contributed by atoms with Crippen molar-refractivity contribution in [3.05, 3.63) is 58.1 Å². The number of halogens is 2. The molecule has 0 radical (unpaired) electrons. The normalized spacial score (nSPS) is 11.3. The second kappa shape index (κ2) is 9.41. The quantitative estimate of drug-likeness (QED) is 0.686. The Morgan fingerprint density at radius 2 is 1.67 bits per heavy atom. The number of amides is 2. The third-order valence-corrected chi connectivity index (χ3v) is 5.94. The number of urea groups is 1. The highest BCUT2D eigenvalue weighted by Crippen LogP contribution is 2.21. The summed E-state index contributed by atoms with van der Waals surface area (Å²) in [4.78, 5) is 13.8. The van der Waals surface area contributed by atoms with Crippen molar-refractivity contribution in [3.8, 4) is 0 Å². The van der Waals surface area contributed by atoms with Crippen molar-refractivity contribution in [2.24, 2.45) is 0 Å². The molecule has 146 valence electrons. The van der Waals surface area contributed by atoms with Crippen LogP contribution in [0.5, 0.6) is 0 Å². The summed E-state index contributed by atoms with van der Waals surface area (Å²) in [6, 6.07) is 10.6. The van der Waals surface area contributed by atoms with Crippen molar-refractivity contribution in [1.29, 1.82) is 0 Å². The van der Waals surface area contributed by atoms with E-state index in [2.05, 4.69) is 10.0 Å². The molecule has 9 heteroatoms. The lowest BCUT2D eigenvalue weighted by molar-refractivity contribution is 0.217. The Labute approximate surface area is 169 Å². The van der Waals surface area contributed by atoms with Crippen LogP contribution in [0.4, 0.5) is 10.5 Å². The Morgan fingerprint density at radius 1 is 1.04 bits per heavy atom. The molecule has 0 saturated carbocycles. The third-order valence-electron chi connectivity index (χ3n) is 3.93. The van der Waals surface area contributed by atoms with Crippen molar-refractivity contribution in [2.75, 3.05) is 18.4 Å². The van der Waals surface area contributed by atoms with E-state index >= 15 is 0 Å². The number of carbonyl (C=O) groups excluding carboxylic acids is 1. The number of sulfonamides is 1. The van der Waals surface area contributed by atoms with Crippen LogP contribution < -0.4 is 10.0 Å². The van der Waals surface area contributed by atoms with Crippen LogP contribution in [-0.2, 0) is 16.6 Å². The Bertz CT molecular complexity index is 899. The number of nitrogens with zero attached hydrogens (tertiary/aromatic N) is 1.